The fraction of sp³-hybridized carbons (Fsp3) is 0.688. The lowest BCUT2D eigenvalue weighted by atomic mass is 9.91. The highest BCUT2D eigenvalue weighted by molar-refractivity contribution is 5.32. The van der Waals surface area contributed by atoms with Gasteiger partial charge >= 0.3 is 0 Å². The molecule has 2 aliphatic rings. The average Bonchev–Trinajstić information content (AvgIpc) is 2.89. The number of rotatable bonds is 2. The fourth-order valence-corrected chi connectivity index (χ4v) is 3.45. The van der Waals surface area contributed by atoms with E-state index in [1.807, 2.05) is 18.5 Å². The van der Waals surface area contributed by atoms with Crippen LogP contribution in [0.2, 0.25) is 0 Å². The van der Waals surface area contributed by atoms with Gasteiger partial charge < -0.3 is 10.0 Å². The van der Waals surface area contributed by atoms with Gasteiger partial charge in [0.15, 0.2) is 0 Å². The lowest BCUT2D eigenvalue weighted by Gasteiger charge is -2.38. The molecule has 0 spiro atoms. The first-order chi connectivity index (χ1) is 10.6. The molecular formula is C16H26N4O2. The monoisotopic (exact) mass is 306 g/mol. The molecule has 1 aliphatic heterocycles. The Kier molecular flexibility index (Phi) is 5.71. The molecule has 2 heterocycles. The van der Waals surface area contributed by atoms with Gasteiger partial charge in [-0.15, -0.1) is 0 Å². The topological polar surface area (TPSA) is 69.6 Å². The van der Waals surface area contributed by atoms with Gasteiger partial charge in [-0.1, -0.05) is 13.8 Å². The summed E-state index contributed by atoms with van der Waals surface area (Å²) in [4.78, 5) is 22.0. The van der Waals surface area contributed by atoms with Crippen LogP contribution in [0.5, 0.6) is 0 Å². The van der Waals surface area contributed by atoms with Gasteiger partial charge in [0.25, 0.3) is 6.47 Å². The van der Waals surface area contributed by atoms with Crippen molar-refractivity contribution >= 4 is 12.4 Å². The maximum Gasteiger partial charge on any atom is 0.290 e. The third-order valence-electron chi connectivity index (χ3n) is 4.61. The molecule has 1 aliphatic carbocycles. The number of hydrogen-bond donors (Lipinski definition) is 1. The highest BCUT2D eigenvalue weighted by Gasteiger charge is 2.35. The normalized spacial score (nSPS) is 24.5. The Labute approximate surface area is 132 Å². The summed E-state index contributed by atoms with van der Waals surface area (Å²) < 4.78 is 0. The van der Waals surface area contributed by atoms with E-state index in [1.54, 1.807) is 0 Å². The first-order valence-electron chi connectivity index (χ1n) is 7.89. The van der Waals surface area contributed by atoms with Crippen molar-refractivity contribution in [2.75, 3.05) is 31.1 Å². The third kappa shape index (κ3) is 4.40. The molecule has 1 atom stereocenters. The molecule has 2 fully saturated rings. The van der Waals surface area contributed by atoms with Crippen molar-refractivity contribution in [3.8, 4) is 0 Å². The lowest BCUT2D eigenvalue weighted by Crippen LogP contribution is -2.50. The molecule has 6 nitrogen and oxygen atoms in total. The van der Waals surface area contributed by atoms with Gasteiger partial charge in [0, 0.05) is 44.6 Å². The van der Waals surface area contributed by atoms with Crippen molar-refractivity contribution in [1.29, 1.82) is 0 Å². The predicted molar refractivity (Wildman–Crippen MR) is 85.9 cm³/mol. The number of piperazine rings is 1. The summed E-state index contributed by atoms with van der Waals surface area (Å²) in [6, 6.07) is 2.68. The zero-order valence-electron chi connectivity index (χ0n) is 13.5. The molecule has 0 aromatic carbocycles. The third-order valence-corrected chi connectivity index (χ3v) is 4.61. The summed E-state index contributed by atoms with van der Waals surface area (Å²) in [6.45, 7) is 8.97. The lowest BCUT2D eigenvalue weighted by molar-refractivity contribution is -0.122. The Morgan fingerprint density at radius 3 is 2.32 bits per heavy atom. The van der Waals surface area contributed by atoms with E-state index in [4.69, 9.17) is 9.90 Å². The van der Waals surface area contributed by atoms with E-state index in [-0.39, 0.29) is 6.47 Å². The van der Waals surface area contributed by atoms with E-state index in [1.165, 1.54) is 19.3 Å². The van der Waals surface area contributed by atoms with E-state index >= 15 is 0 Å². The van der Waals surface area contributed by atoms with E-state index in [9.17, 15) is 0 Å². The maximum atomic E-state index is 8.36. The van der Waals surface area contributed by atoms with Crippen molar-refractivity contribution in [2.45, 2.75) is 39.2 Å². The minimum Gasteiger partial charge on any atom is -0.483 e. The fourth-order valence-electron chi connectivity index (χ4n) is 3.45. The largest absolute Gasteiger partial charge is 0.483 e. The Bertz CT molecular complexity index is 458. The Morgan fingerprint density at radius 1 is 1.23 bits per heavy atom. The Balaban J connectivity index is 0.000000545. The summed E-state index contributed by atoms with van der Waals surface area (Å²) in [6.07, 6.45) is 7.76. The molecule has 0 bridgehead atoms. The average molecular weight is 306 g/mol. The van der Waals surface area contributed by atoms with Crippen LogP contribution in [-0.2, 0) is 4.79 Å². The Morgan fingerprint density at radius 2 is 1.82 bits per heavy atom. The molecule has 1 aromatic heterocycles. The molecule has 1 unspecified atom stereocenters. The van der Waals surface area contributed by atoms with E-state index in [0.29, 0.717) is 5.41 Å². The molecule has 3 rings (SSSR count). The molecule has 0 radical (unpaired) electrons. The van der Waals surface area contributed by atoms with Crippen LogP contribution in [0.1, 0.15) is 33.1 Å². The molecule has 6 heteroatoms. The van der Waals surface area contributed by atoms with Crippen LogP contribution in [-0.4, -0.2) is 58.7 Å². The van der Waals surface area contributed by atoms with Gasteiger partial charge in [-0.3, -0.25) is 9.69 Å². The van der Waals surface area contributed by atoms with Crippen molar-refractivity contribution in [2.24, 2.45) is 5.41 Å². The van der Waals surface area contributed by atoms with Crippen LogP contribution in [0.25, 0.3) is 0 Å². The predicted octanol–water partition coefficient (Wildman–Crippen LogP) is 1.88. The quantitative estimate of drug-likeness (QED) is 0.841. The molecule has 1 saturated heterocycles. The molecule has 1 saturated carbocycles. The number of hydrogen-bond acceptors (Lipinski definition) is 5. The van der Waals surface area contributed by atoms with Crippen LogP contribution >= 0.6 is 0 Å². The number of aromatic nitrogens is 2. The zero-order chi connectivity index (χ0) is 16.0. The van der Waals surface area contributed by atoms with E-state index < -0.39 is 0 Å². The van der Waals surface area contributed by atoms with E-state index in [2.05, 4.69) is 33.6 Å². The second-order valence-electron chi connectivity index (χ2n) is 6.74. The highest BCUT2D eigenvalue weighted by atomic mass is 16.3. The highest BCUT2D eigenvalue weighted by Crippen LogP contribution is 2.39. The summed E-state index contributed by atoms with van der Waals surface area (Å²) in [7, 11) is 0. The van der Waals surface area contributed by atoms with Gasteiger partial charge in [-0.25, -0.2) is 9.97 Å². The number of carbonyl (C=O) groups is 1. The minimum absolute atomic E-state index is 0.250. The van der Waals surface area contributed by atoms with Gasteiger partial charge in [0.1, 0.15) is 0 Å². The Hall–Kier alpha value is -1.69. The first-order valence-corrected chi connectivity index (χ1v) is 7.89. The minimum atomic E-state index is -0.250. The van der Waals surface area contributed by atoms with Crippen molar-refractivity contribution in [1.82, 2.24) is 14.9 Å². The van der Waals surface area contributed by atoms with E-state index in [0.717, 1.165) is 38.2 Å². The van der Waals surface area contributed by atoms with Gasteiger partial charge in [-0.2, -0.15) is 0 Å². The molecular weight excluding hydrogens is 280 g/mol. The van der Waals surface area contributed by atoms with Crippen LogP contribution in [0.4, 0.5) is 5.95 Å². The SMILES string of the molecule is CC1(C)CCC(N2CCN(c3ncccn3)CC2)C1.O=CO. The molecule has 122 valence electrons. The van der Waals surface area contributed by atoms with Crippen LogP contribution in [0.3, 0.4) is 0 Å². The van der Waals surface area contributed by atoms with Crippen LogP contribution in [0.15, 0.2) is 18.5 Å². The second kappa shape index (κ2) is 7.54. The summed E-state index contributed by atoms with van der Waals surface area (Å²) in [5, 5.41) is 6.89. The second-order valence-corrected chi connectivity index (χ2v) is 6.74. The van der Waals surface area contributed by atoms with Crippen molar-refractivity contribution in [3.05, 3.63) is 18.5 Å². The molecule has 1 aromatic rings. The first kappa shape index (κ1) is 16.7. The smallest absolute Gasteiger partial charge is 0.290 e. The molecule has 22 heavy (non-hydrogen) atoms. The van der Waals surface area contributed by atoms with Crippen molar-refractivity contribution in [3.63, 3.8) is 0 Å². The standard InChI is InChI=1S/C15H24N4.CH2O2/c1-15(2)5-4-13(12-15)18-8-10-19(11-9-18)14-16-6-3-7-17-14;2-1-3/h3,6-7,13H,4-5,8-12H2,1-2H3;1H,(H,2,3). The maximum absolute atomic E-state index is 8.36. The van der Waals surface area contributed by atoms with Gasteiger partial charge in [-0.05, 0) is 30.7 Å². The van der Waals surface area contributed by atoms with Crippen LogP contribution in [0, 0.1) is 5.41 Å². The molecule has 0 amide bonds. The summed E-state index contributed by atoms with van der Waals surface area (Å²) >= 11 is 0. The summed E-state index contributed by atoms with van der Waals surface area (Å²) in [5.74, 6) is 0.883. The number of anilines is 1. The van der Waals surface area contributed by atoms with Gasteiger partial charge in [0.2, 0.25) is 5.95 Å². The van der Waals surface area contributed by atoms with Gasteiger partial charge in [0.05, 0.1) is 0 Å². The number of nitrogens with zero attached hydrogens (tertiary/aromatic N) is 4. The zero-order valence-corrected chi connectivity index (χ0v) is 13.5. The van der Waals surface area contributed by atoms with Crippen molar-refractivity contribution < 1.29 is 9.90 Å². The van der Waals surface area contributed by atoms with Crippen LogP contribution < -0.4 is 4.90 Å². The molecule has 1 N–H and O–H groups in total. The number of carboxylic acid groups (broad SMARTS) is 1. The summed E-state index contributed by atoms with van der Waals surface area (Å²) in [5.41, 5.74) is 0.546.